The maximum Gasteiger partial charge on any atom is 0.0959 e. The fourth-order valence-electron chi connectivity index (χ4n) is 2.02. The van der Waals surface area contributed by atoms with E-state index in [0.717, 1.165) is 25.3 Å². The van der Waals surface area contributed by atoms with E-state index in [0.29, 0.717) is 12.6 Å². The summed E-state index contributed by atoms with van der Waals surface area (Å²) in [7, 11) is 0. The molecule has 3 nitrogen and oxygen atoms in total. The summed E-state index contributed by atoms with van der Waals surface area (Å²) in [5.41, 5.74) is 0. The number of aromatic nitrogens is 1. The Morgan fingerprint density at radius 3 is 3.06 bits per heavy atom. The molecule has 1 heterocycles. The van der Waals surface area contributed by atoms with Gasteiger partial charge in [-0.15, -0.1) is 11.3 Å². The van der Waals surface area contributed by atoms with Gasteiger partial charge in [-0.05, 0) is 32.6 Å². The minimum absolute atomic E-state index is 0.290. The highest BCUT2D eigenvalue weighted by atomic mass is 32.1. The van der Waals surface area contributed by atoms with Gasteiger partial charge in [-0.1, -0.05) is 6.42 Å². The lowest BCUT2D eigenvalue weighted by Crippen LogP contribution is -2.25. The molecular formula is C13H22N2OS. The first-order chi connectivity index (χ1) is 8.29. The van der Waals surface area contributed by atoms with Gasteiger partial charge >= 0.3 is 0 Å². The van der Waals surface area contributed by atoms with Gasteiger partial charge in [-0.25, -0.2) is 4.98 Å². The van der Waals surface area contributed by atoms with Crippen LogP contribution in [0.5, 0.6) is 0 Å². The Morgan fingerprint density at radius 2 is 2.41 bits per heavy atom. The summed E-state index contributed by atoms with van der Waals surface area (Å²) >= 11 is 1.86. The SMILES string of the molecule is CC(CCCO)NCc1cnc(C2CCC2)s1. The summed E-state index contributed by atoms with van der Waals surface area (Å²) in [6, 6.07) is 0.469. The molecule has 0 spiro atoms. The maximum atomic E-state index is 8.76. The van der Waals surface area contributed by atoms with E-state index in [-0.39, 0.29) is 0 Å². The van der Waals surface area contributed by atoms with Gasteiger partial charge in [0.1, 0.15) is 0 Å². The predicted octanol–water partition coefficient (Wildman–Crippen LogP) is 2.66. The number of rotatable bonds is 7. The van der Waals surface area contributed by atoms with E-state index in [4.69, 9.17) is 5.11 Å². The molecule has 4 heteroatoms. The number of hydrogen-bond acceptors (Lipinski definition) is 4. The topological polar surface area (TPSA) is 45.1 Å². The van der Waals surface area contributed by atoms with Gasteiger partial charge in [0.05, 0.1) is 5.01 Å². The molecule has 1 aliphatic carbocycles. The number of thiazole rings is 1. The Morgan fingerprint density at radius 1 is 1.59 bits per heavy atom. The summed E-state index contributed by atoms with van der Waals surface area (Å²) in [6.07, 6.45) is 7.95. The highest BCUT2D eigenvalue weighted by molar-refractivity contribution is 7.11. The number of aliphatic hydroxyl groups excluding tert-OH is 1. The van der Waals surface area contributed by atoms with Gasteiger partial charge in [-0.2, -0.15) is 0 Å². The Hall–Kier alpha value is -0.450. The highest BCUT2D eigenvalue weighted by Crippen LogP contribution is 2.38. The minimum atomic E-state index is 0.290. The Balaban J connectivity index is 1.72. The van der Waals surface area contributed by atoms with Crippen LogP contribution in [0.1, 0.15) is 54.8 Å². The predicted molar refractivity (Wildman–Crippen MR) is 71.3 cm³/mol. The molecule has 2 N–H and O–H groups in total. The van der Waals surface area contributed by atoms with E-state index in [1.54, 1.807) is 0 Å². The van der Waals surface area contributed by atoms with Gasteiger partial charge < -0.3 is 10.4 Å². The molecule has 0 saturated heterocycles. The molecule has 1 saturated carbocycles. The molecule has 1 atom stereocenters. The second-order valence-corrected chi connectivity index (χ2v) is 6.09. The quantitative estimate of drug-likeness (QED) is 0.786. The van der Waals surface area contributed by atoms with E-state index in [1.807, 2.05) is 17.5 Å². The minimum Gasteiger partial charge on any atom is -0.396 e. The molecular weight excluding hydrogens is 232 g/mol. The van der Waals surface area contributed by atoms with Crippen molar-refractivity contribution >= 4 is 11.3 Å². The number of hydrogen-bond donors (Lipinski definition) is 2. The molecule has 17 heavy (non-hydrogen) atoms. The van der Waals surface area contributed by atoms with Crippen molar-refractivity contribution in [2.75, 3.05) is 6.61 Å². The van der Waals surface area contributed by atoms with Crippen LogP contribution in [0.25, 0.3) is 0 Å². The smallest absolute Gasteiger partial charge is 0.0959 e. The average molecular weight is 254 g/mol. The van der Waals surface area contributed by atoms with E-state index in [9.17, 15) is 0 Å². The Kier molecular flexibility index (Phi) is 4.95. The summed E-state index contributed by atoms with van der Waals surface area (Å²) in [5.74, 6) is 0.751. The molecule has 96 valence electrons. The van der Waals surface area contributed by atoms with Crippen LogP contribution >= 0.6 is 11.3 Å². The monoisotopic (exact) mass is 254 g/mol. The molecule has 1 unspecified atom stereocenters. The fourth-order valence-corrected chi connectivity index (χ4v) is 3.06. The number of nitrogens with one attached hydrogen (secondary N) is 1. The van der Waals surface area contributed by atoms with Crippen LogP contribution in [0.4, 0.5) is 0 Å². The second-order valence-electron chi connectivity index (χ2n) is 4.94. The molecule has 1 aliphatic rings. The van der Waals surface area contributed by atoms with Crippen molar-refractivity contribution < 1.29 is 5.11 Å². The zero-order valence-electron chi connectivity index (χ0n) is 10.5. The van der Waals surface area contributed by atoms with Gasteiger partial charge in [0.25, 0.3) is 0 Å². The van der Waals surface area contributed by atoms with Crippen molar-refractivity contribution in [2.24, 2.45) is 0 Å². The van der Waals surface area contributed by atoms with Crippen molar-refractivity contribution in [2.45, 2.75) is 57.5 Å². The standard InChI is InChI=1S/C13H22N2OS/c1-10(4-3-7-16)14-8-12-9-15-13(17-12)11-5-2-6-11/h9-11,14,16H,2-8H2,1H3. The number of aliphatic hydroxyl groups is 1. The van der Waals surface area contributed by atoms with E-state index >= 15 is 0 Å². The molecule has 0 bridgehead atoms. The molecule has 1 fully saturated rings. The lowest BCUT2D eigenvalue weighted by atomic mass is 9.86. The van der Waals surface area contributed by atoms with Crippen molar-refractivity contribution in [1.29, 1.82) is 0 Å². The van der Waals surface area contributed by atoms with Crippen LogP contribution in [0, 0.1) is 0 Å². The van der Waals surface area contributed by atoms with Gasteiger partial charge in [0, 0.05) is 36.2 Å². The van der Waals surface area contributed by atoms with Crippen LogP contribution < -0.4 is 5.32 Å². The average Bonchev–Trinajstić information content (AvgIpc) is 2.69. The van der Waals surface area contributed by atoms with Crippen LogP contribution in [-0.2, 0) is 6.54 Å². The fraction of sp³-hybridized carbons (Fsp3) is 0.769. The van der Waals surface area contributed by atoms with E-state index in [2.05, 4.69) is 17.2 Å². The number of nitrogens with zero attached hydrogens (tertiary/aromatic N) is 1. The van der Waals surface area contributed by atoms with Crippen molar-refractivity contribution in [3.63, 3.8) is 0 Å². The molecule has 0 aromatic carbocycles. The Labute approximate surface area is 107 Å². The second kappa shape index (κ2) is 6.47. The molecule has 0 amide bonds. The third kappa shape index (κ3) is 3.76. The summed E-state index contributed by atoms with van der Waals surface area (Å²) < 4.78 is 0. The van der Waals surface area contributed by atoms with E-state index < -0.39 is 0 Å². The van der Waals surface area contributed by atoms with Crippen LogP contribution in [-0.4, -0.2) is 22.7 Å². The van der Waals surface area contributed by atoms with Gasteiger partial charge in [0.15, 0.2) is 0 Å². The molecule has 1 aromatic rings. The third-order valence-corrected chi connectivity index (χ3v) is 4.61. The summed E-state index contributed by atoms with van der Waals surface area (Å²) in [4.78, 5) is 5.85. The first kappa shape index (κ1) is 13.0. The molecule has 2 rings (SSSR count). The van der Waals surface area contributed by atoms with Crippen LogP contribution in [0.3, 0.4) is 0 Å². The van der Waals surface area contributed by atoms with Gasteiger partial charge in [0.2, 0.25) is 0 Å². The summed E-state index contributed by atoms with van der Waals surface area (Å²) in [6.45, 7) is 3.37. The van der Waals surface area contributed by atoms with Crippen LogP contribution in [0.2, 0.25) is 0 Å². The lowest BCUT2D eigenvalue weighted by molar-refractivity contribution is 0.276. The molecule has 1 aromatic heterocycles. The molecule has 0 radical (unpaired) electrons. The Bertz CT molecular complexity index is 336. The van der Waals surface area contributed by atoms with Crippen molar-refractivity contribution in [3.8, 4) is 0 Å². The first-order valence-corrected chi connectivity index (χ1v) is 7.40. The third-order valence-electron chi connectivity index (χ3n) is 3.45. The normalized spacial score (nSPS) is 18.0. The zero-order chi connectivity index (χ0) is 12.1. The van der Waals surface area contributed by atoms with E-state index in [1.165, 1.54) is 29.1 Å². The van der Waals surface area contributed by atoms with Crippen molar-refractivity contribution in [3.05, 3.63) is 16.1 Å². The first-order valence-electron chi connectivity index (χ1n) is 6.58. The van der Waals surface area contributed by atoms with Gasteiger partial charge in [-0.3, -0.25) is 0 Å². The lowest BCUT2D eigenvalue weighted by Gasteiger charge is -2.22. The largest absolute Gasteiger partial charge is 0.396 e. The summed E-state index contributed by atoms with van der Waals surface area (Å²) in [5, 5.41) is 13.6. The van der Waals surface area contributed by atoms with Crippen molar-refractivity contribution in [1.82, 2.24) is 10.3 Å². The zero-order valence-corrected chi connectivity index (χ0v) is 11.3. The highest BCUT2D eigenvalue weighted by Gasteiger charge is 2.22. The van der Waals surface area contributed by atoms with Crippen LogP contribution in [0.15, 0.2) is 6.20 Å². The molecule has 0 aliphatic heterocycles. The maximum absolute atomic E-state index is 8.76.